The van der Waals surface area contributed by atoms with Gasteiger partial charge in [0.25, 0.3) is 0 Å². The lowest BCUT2D eigenvalue weighted by molar-refractivity contribution is 0.274. The van der Waals surface area contributed by atoms with Gasteiger partial charge in [0.1, 0.15) is 0 Å². The lowest BCUT2D eigenvalue weighted by atomic mass is 9.99. The van der Waals surface area contributed by atoms with Crippen molar-refractivity contribution in [3.05, 3.63) is 35.4 Å². The molecule has 0 radical (unpaired) electrons. The van der Waals surface area contributed by atoms with Gasteiger partial charge in [-0.15, -0.1) is 0 Å². The summed E-state index contributed by atoms with van der Waals surface area (Å²) in [6, 6.07) is 9.06. The summed E-state index contributed by atoms with van der Waals surface area (Å²) in [5.74, 6) is 0. The number of nitrogens with zero attached hydrogens (tertiary/aromatic N) is 1. The Morgan fingerprint density at radius 1 is 1.20 bits per heavy atom. The maximum atomic E-state index is 6.19. The first-order valence-corrected chi connectivity index (χ1v) is 5.57. The van der Waals surface area contributed by atoms with Crippen LogP contribution in [0, 0.1) is 0 Å². The summed E-state index contributed by atoms with van der Waals surface area (Å²) in [6.45, 7) is 4.32. The van der Waals surface area contributed by atoms with E-state index in [2.05, 4.69) is 57.1 Å². The molecule has 0 aromatic heterocycles. The number of likely N-dealkylation sites (N-methyl/N-ethyl adjacent to an activating group) is 1. The van der Waals surface area contributed by atoms with Crippen molar-refractivity contribution >= 4 is 0 Å². The molecule has 15 heavy (non-hydrogen) atoms. The summed E-state index contributed by atoms with van der Waals surface area (Å²) in [5, 5.41) is 0. The van der Waals surface area contributed by atoms with Gasteiger partial charge in [-0.25, -0.2) is 0 Å². The molecule has 2 nitrogen and oxygen atoms in total. The number of aryl methyl sites for hydroxylation is 1. The molecular weight excluding hydrogens is 184 g/mol. The standard InChI is InChI=1S/C13H22N2/c1-5-11-6-8-12(9-7-11)13(14)10(2)15(3)4/h6-10,13H,5,14H2,1-4H3. The zero-order valence-corrected chi connectivity index (χ0v) is 10.2. The second-order valence-corrected chi connectivity index (χ2v) is 4.33. The highest BCUT2D eigenvalue weighted by Crippen LogP contribution is 2.17. The maximum absolute atomic E-state index is 6.19. The summed E-state index contributed by atoms with van der Waals surface area (Å²) < 4.78 is 0. The first kappa shape index (κ1) is 12.2. The molecule has 1 rings (SSSR count). The van der Waals surface area contributed by atoms with Crippen LogP contribution in [-0.4, -0.2) is 25.0 Å². The smallest absolute Gasteiger partial charge is 0.0450 e. The minimum Gasteiger partial charge on any atom is -0.323 e. The van der Waals surface area contributed by atoms with Gasteiger partial charge in [0.05, 0.1) is 0 Å². The van der Waals surface area contributed by atoms with E-state index in [-0.39, 0.29) is 6.04 Å². The molecule has 0 fully saturated rings. The Morgan fingerprint density at radius 2 is 1.73 bits per heavy atom. The van der Waals surface area contributed by atoms with Crippen LogP contribution in [0.2, 0.25) is 0 Å². The quantitative estimate of drug-likeness (QED) is 0.818. The SMILES string of the molecule is CCc1ccc(C(N)C(C)N(C)C)cc1. The van der Waals surface area contributed by atoms with Crippen LogP contribution in [0.4, 0.5) is 0 Å². The molecule has 2 atom stereocenters. The zero-order chi connectivity index (χ0) is 11.4. The van der Waals surface area contributed by atoms with Crippen molar-refractivity contribution in [1.29, 1.82) is 0 Å². The summed E-state index contributed by atoms with van der Waals surface area (Å²) in [6.07, 6.45) is 1.08. The van der Waals surface area contributed by atoms with E-state index in [1.807, 2.05) is 0 Å². The van der Waals surface area contributed by atoms with Crippen molar-refractivity contribution in [2.45, 2.75) is 32.4 Å². The van der Waals surface area contributed by atoms with Crippen molar-refractivity contribution in [2.24, 2.45) is 5.73 Å². The van der Waals surface area contributed by atoms with E-state index < -0.39 is 0 Å². The Labute approximate surface area is 93.1 Å². The first-order chi connectivity index (χ1) is 7.06. The predicted octanol–water partition coefficient (Wildman–Crippen LogP) is 2.20. The minimum atomic E-state index is 0.0888. The molecule has 1 aromatic rings. The Bertz CT molecular complexity index is 290. The average molecular weight is 206 g/mol. The lowest BCUT2D eigenvalue weighted by Gasteiger charge is -2.26. The number of hydrogen-bond acceptors (Lipinski definition) is 2. The highest BCUT2D eigenvalue weighted by atomic mass is 15.1. The van der Waals surface area contributed by atoms with Gasteiger partial charge >= 0.3 is 0 Å². The van der Waals surface area contributed by atoms with Gasteiger partial charge < -0.3 is 10.6 Å². The van der Waals surface area contributed by atoms with Crippen LogP contribution in [-0.2, 0) is 6.42 Å². The third-order valence-corrected chi connectivity index (χ3v) is 3.11. The summed E-state index contributed by atoms with van der Waals surface area (Å²) in [4.78, 5) is 2.15. The van der Waals surface area contributed by atoms with Crippen LogP contribution >= 0.6 is 0 Å². The molecule has 0 bridgehead atoms. The first-order valence-electron chi connectivity index (χ1n) is 5.57. The third-order valence-electron chi connectivity index (χ3n) is 3.11. The second-order valence-electron chi connectivity index (χ2n) is 4.33. The van der Waals surface area contributed by atoms with Gasteiger partial charge in [-0.05, 0) is 38.6 Å². The van der Waals surface area contributed by atoms with Crippen molar-refractivity contribution in [2.75, 3.05) is 14.1 Å². The minimum absolute atomic E-state index is 0.0888. The molecule has 0 heterocycles. The van der Waals surface area contributed by atoms with Crippen molar-refractivity contribution in [3.63, 3.8) is 0 Å². The number of benzene rings is 1. The van der Waals surface area contributed by atoms with Crippen LogP contribution in [0.3, 0.4) is 0 Å². The van der Waals surface area contributed by atoms with Crippen molar-refractivity contribution in [3.8, 4) is 0 Å². The highest BCUT2D eigenvalue weighted by Gasteiger charge is 2.16. The third kappa shape index (κ3) is 3.05. The molecule has 2 heteroatoms. The Morgan fingerprint density at radius 3 is 2.13 bits per heavy atom. The summed E-state index contributed by atoms with van der Waals surface area (Å²) in [5.41, 5.74) is 8.77. The second kappa shape index (κ2) is 5.29. The Kier molecular flexibility index (Phi) is 4.30. The van der Waals surface area contributed by atoms with E-state index in [4.69, 9.17) is 5.73 Å². The molecular formula is C13H22N2. The number of hydrogen-bond donors (Lipinski definition) is 1. The van der Waals surface area contributed by atoms with E-state index in [9.17, 15) is 0 Å². The van der Waals surface area contributed by atoms with Gasteiger partial charge in [-0.2, -0.15) is 0 Å². The monoisotopic (exact) mass is 206 g/mol. The molecule has 2 N–H and O–H groups in total. The summed E-state index contributed by atoms with van der Waals surface area (Å²) >= 11 is 0. The van der Waals surface area contributed by atoms with Crippen LogP contribution in [0.25, 0.3) is 0 Å². The van der Waals surface area contributed by atoms with E-state index in [1.165, 1.54) is 11.1 Å². The molecule has 0 aliphatic rings. The molecule has 84 valence electrons. The van der Waals surface area contributed by atoms with Gasteiger partial charge in [-0.3, -0.25) is 0 Å². The van der Waals surface area contributed by atoms with Gasteiger partial charge in [0, 0.05) is 12.1 Å². The van der Waals surface area contributed by atoms with Crippen LogP contribution < -0.4 is 5.73 Å². The normalized spacial score (nSPS) is 15.3. The van der Waals surface area contributed by atoms with Crippen LogP contribution in [0.1, 0.15) is 31.0 Å². The fraction of sp³-hybridized carbons (Fsp3) is 0.538. The summed E-state index contributed by atoms with van der Waals surface area (Å²) in [7, 11) is 4.12. The molecule has 0 aliphatic carbocycles. The molecule has 0 saturated heterocycles. The van der Waals surface area contributed by atoms with Crippen LogP contribution in [0.15, 0.2) is 24.3 Å². The van der Waals surface area contributed by atoms with Gasteiger partial charge in [0.2, 0.25) is 0 Å². The molecule has 2 unspecified atom stereocenters. The van der Waals surface area contributed by atoms with E-state index in [1.54, 1.807) is 0 Å². The molecule has 0 amide bonds. The lowest BCUT2D eigenvalue weighted by Crippen LogP contribution is -2.35. The Balaban J connectivity index is 2.78. The molecule has 0 aliphatic heterocycles. The molecule has 0 saturated carbocycles. The van der Waals surface area contributed by atoms with Gasteiger partial charge in [-0.1, -0.05) is 31.2 Å². The fourth-order valence-corrected chi connectivity index (χ4v) is 1.58. The molecule has 0 spiro atoms. The predicted molar refractivity (Wildman–Crippen MR) is 65.9 cm³/mol. The number of nitrogens with two attached hydrogens (primary N) is 1. The van der Waals surface area contributed by atoms with Crippen molar-refractivity contribution in [1.82, 2.24) is 4.90 Å². The van der Waals surface area contributed by atoms with E-state index in [0.29, 0.717) is 6.04 Å². The topological polar surface area (TPSA) is 29.3 Å². The Hall–Kier alpha value is -0.860. The number of rotatable bonds is 4. The van der Waals surface area contributed by atoms with Gasteiger partial charge in [0.15, 0.2) is 0 Å². The van der Waals surface area contributed by atoms with Crippen molar-refractivity contribution < 1.29 is 0 Å². The van der Waals surface area contributed by atoms with E-state index in [0.717, 1.165) is 6.42 Å². The molecule has 1 aromatic carbocycles. The fourth-order valence-electron chi connectivity index (χ4n) is 1.58. The van der Waals surface area contributed by atoms with E-state index >= 15 is 0 Å². The zero-order valence-electron chi connectivity index (χ0n) is 10.2. The average Bonchev–Trinajstić information content (AvgIpc) is 2.27. The van der Waals surface area contributed by atoms with Crippen LogP contribution in [0.5, 0.6) is 0 Å². The highest BCUT2D eigenvalue weighted by molar-refractivity contribution is 5.25. The largest absolute Gasteiger partial charge is 0.323 e. The maximum Gasteiger partial charge on any atom is 0.0450 e.